The second kappa shape index (κ2) is 10.3. The molecule has 10 aromatic rings. The molecule has 12 rings (SSSR count). The molecule has 52 heavy (non-hydrogen) atoms. The first-order valence-electron chi connectivity index (χ1n) is 17.8. The van der Waals surface area contributed by atoms with Gasteiger partial charge in [0.2, 0.25) is 0 Å². The van der Waals surface area contributed by atoms with Crippen molar-refractivity contribution in [3.8, 4) is 45.1 Å². The fourth-order valence-electron chi connectivity index (χ4n) is 8.88. The van der Waals surface area contributed by atoms with Crippen molar-refractivity contribution >= 4 is 60.7 Å². The molecule has 2 aromatic heterocycles. The average Bonchev–Trinajstić information content (AvgIpc) is 3.68. The van der Waals surface area contributed by atoms with E-state index in [4.69, 9.17) is 4.74 Å². The van der Waals surface area contributed by atoms with Gasteiger partial charge in [0.1, 0.15) is 0 Å². The van der Waals surface area contributed by atoms with Gasteiger partial charge in [-0.3, -0.25) is 0 Å². The minimum atomic E-state index is 0.818. The number of anilines is 3. The van der Waals surface area contributed by atoms with Gasteiger partial charge < -0.3 is 18.8 Å². The second-order valence-electron chi connectivity index (χ2n) is 13.7. The minimum Gasteiger partial charge on any atom is -0.453 e. The summed E-state index contributed by atoms with van der Waals surface area (Å²) in [5.74, 6) is 1.64. The molecule has 2 aliphatic rings. The van der Waals surface area contributed by atoms with Gasteiger partial charge in [-0.15, -0.1) is 0 Å². The molecule has 4 heterocycles. The van der Waals surface area contributed by atoms with Crippen molar-refractivity contribution in [3.63, 3.8) is 0 Å². The highest BCUT2D eigenvalue weighted by Gasteiger charge is 2.35. The van der Waals surface area contributed by atoms with Crippen LogP contribution in [0.25, 0.3) is 77.2 Å². The number of rotatable bonds is 2. The zero-order valence-electron chi connectivity index (χ0n) is 28.0. The van der Waals surface area contributed by atoms with E-state index in [-0.39, 0.29) is 0 Å². The highest BCUT2D eigenvalue weighted by atomic mass is 16.5. The Labute approximate surface area is 299 Å². The van der Waals surface area contributed by atoms with E-state index in [1.807, 2.05) is 0 Å². The SMILES string of the molecule is c1ccc2c(c1)-c1ccccc1N1c3ccc(-n4c5ccccc5c5ccccc54)cc3Oc3cc(-n4c5ccccc5c5ccccc54)cc-2c31. The fourth-order valence-corrected chi connectivity index (χ4v) is 8.88. The molecule has 0 N–H and O–H groups in total. The smallest absolute Gasteiger partial charge is 0.154 e. The third-order valence-electron chi connectivity index (χ3n) is 11.0. The lowest BCUT2D eigenvalue weighted by Gasteiger charge is -2.35. The topological polar surface area (TPSA) is 22.3 Å². The van der Waals surface area contributed by atoms with E-state index in [9.17, 15) is 0 Å². The van der Waals surface area contributed by atoms with Crippen LogP contribution in [0.1, 0.15) is 0 Å². The summed E-state index contributed by atoms with van der Waals surface area (Å²) in [5.41, 5.74) is 14.7. The first-order valence-corrected chi connectivity index (χ1v) is 17.8. The Balaban J connectivity index is 1.16. The van der Waals surface area contributed by atoms with Gasteiger partial charge in [-0.05, 0) is 59.7 Å². The number of ether oxygens (including phenoxy) is 1. The molecule has 0 atom stereocenters. The molecule has 0 fully saturated rings. The Hall–Kier alpha value is -7.04. The predicted molar refractivity (Wildman–Crippen MR) is 214 cm³/mol. The van der Waals surface area contributed by atoms with E-state index in [0.717, 1.165) is 45.5 Å². The molecule has 0 bridgehead atoms. The average molecular weight is 664 g/mol. The van der Waals surface area contributed by atoms with Crippen LogP contribution in [0.2, 0.25) is 0 Å². The Morgan fingerprint density at radius 1 is 0.327 bits per heavy atom. The molecule has 0 amide bonds. The summed E-state index contributed by atoms with van der Waals surface area (Å²) in [6.07, 6.45) is 0. The van der Waals surface area contributed by atoms with E-state index in [1.54, 1.807) is 0 Å². The number of para-hydroxylation sites is 5. The van der Waals surface area contributed by atoms with Crippen LogP contribution >= 0.6 is 0 Å². The number of nitrogens with zero attached hydrogens (tertiary/aromatic N) is 3. The predicted octanol–water partition coefficient (Wildman–Crippen LogP) is 13.1. The monoisotopic (exact) mass is 663 g/mol. The van der Waals surface area contributed by atoms with E-state index in [1.165, 1.54) is 60.3 Å². The quantitative estimate of drug-likeness (QED) is 0.184. The summed E-state index contributed by atoms with van der Waals surface area (Å²) < 4.78 is 11.9. The van der Waals surface area contributed by atoms with E-state index < -0.39 is 0 Å². The van der Waals surface area contributed by atoms with Crippen LogP contribution in [0.3, 0.4) is 0 Å². The standard InChI is InChI=1S/C48H29N3O/c1-2-14-33-32(13-1)34-15-3-12-24-44(34)51-45-26-25-30(49-40-20-8-4-16-35(40)36-17-5-9-21-41(36)49)28-46(45)52-47-29-31(27-39(33)48(47)51)50-42-22-10-6-18-37(42)38-19-7-11-23-43(38)50/h1-29H. The molecule has 4 heteroatoms. The van der Waals surface area contributed by atoms with Crippen LogP contribution in [-0.2, 0) is 0 Å². The summed E-state index contributed by atoms with van der Waals surface area (Å²) >= 11 is 0. The third-order valence-corrected chi connectivity index (χ3v) is 11.0. The third kappa shape index (κ3) is 3.65. The van der Waals surface area contributed by atoms with E-state index >= 15 is 0 Å². The fraction of sp³-hybridized carbons (Fsp3) is 0. The molecule has 0 aliphatic carbocycles. The van der Waals surface area contributed by atoms with Crippen molar-refractivity contribution in [1.29, 1.82) is 0 Å². The molecule has 0 spiro atoms. The zero-order chi connectivity index (χ0) is 33.9. The maximum Gasteiger partial charge on any atom is 0.154 e. The Morgan fingerprint density at radius 2 is 0.788 bits per heavy atom. The van der Waals surface area contributed by atoms with Crippen molar-refractivity contribution in [2.24, 2.45) is 0 Å². The Morgan fingerprint density at radius 3 is 1.38 bits per heavy atom. The van der Waals surface area contributed by atoms with Crippen molar-refractivity contribution in [3.05, 3.63) is 176 Å². The molecule has 0 saturated heterocycles. The van der Waals surface area contributed by atoms with E-state index in [0.29, 0.717) is 0 Å². The highest BCUT2D eigenvalue weighted by molar-refractivity contribution is 6.12. The number of aromatic nitrogens is 2. The lowest BCUT2D eigenvalue weighted by molar-refractivity contribution is 0.477. The van der Waals surface area contributed by atoms with Crippen LogP contribution in [0.5, 0.6) is 11.5 Å². The van der Waals surface area contributed by atoms with Crippen molar-refractivity contribution in [1.82, 2.24) is 9.13 Å². The van der Waals surface area contributed by atoms with Crippen LogP contribution in [0, 0.1) is 0 Å². The molecular formula is C48H29N3O. The Bertz CT molecular complexity index is 3020. The summed E-state index contributed by atoms with van der Waals surface area (Å²) in [5, 5.41) is 4.94. The first-order chi connectivity index (χ1) is 25.8. The maximum atomic E-state index is 7.17. The van der Waals surface area contributed by atoms with Gasteiger partial charge in [0, 0.05) is 44.8 Å². The normalized spacial score (nSPS) is 12.7. The molecule has 0 unspecified atom stereocenters. The lowest BCUT2D eigenvalue weighted by Crippen LogP contribution is -2.17. The molecule has 2 aliphatic heterocycles. The summed E-state index contributed by atoms with van der Waals surface area (Å²) in [6.45, 7) is 0. The largest absolute Gasteiger partial charge is 0.453 e. The summed E-state index contributed by atoms with van der Waals surface area (Å²) in [7, 11) is 0. The van der Waals surface area contributed by atoms with Gasteiger partial charge in [-0.2, -0.15) is 0 Å². The summed E-state index contributed by atoms with van der Waals surface area (Å²) in [4.78, 5) is 2.42. The summed E-state index contributed by atoms with van der Waals surface area (Å²) in [6, 6.07) is 63.5. The number of fused-ring (bicyclic) bond motifs is 13. The first kappa shape index (κ1) is 27.7. The highest BCUT2D eigenvalue weighted by Crippen LogP contribution is 2.60. The van der Waals surface area contributed by atoms with Gasteiger partial charge in [0.25, 0.3) is 0 Å². The zero-order valence-corrected chi connectivity index (χ0v) is 28.0. The van der Waals surface area contributed by atoms with Gasteiger partial charge in [0.05, 0.1) is 50.5 Å². The van der Waals surface area contributed by atoms with Crippen molar-refractivity contribution in [2.45, 2.75) is 0 Å². The minimum absolute atomic E-state index is 0.818. The molecule has 0 radical (unpaired) electrons. The van der Waals surface area contributed by atoms with Crippen LogP contribution < -0.4 is 9.64 Å². The van der Waals surface area contributed by atoms with Gasteiger partial charge in [0.15, 0.2) is 11.5 Å². The van der Waals surface area contributed by atoms with Gasteiger partial charge in [-0.25, -0.2) is 0 Å². The van der Waals surface area contributed by atoms with Crippen molar-refractivity contribution < 1.29 is 4.74 Å². The lowest BCUT2D eigenvalue weighted by atomic mass is 9.94. The maximum absolute atomic E-state index is 7.17. The Kier molecular flexibility index (Phi) is 5.47. The van der Waals surface area contributed by atoms with Gasteiger partial charge in [-0.1, -0.05) is 115 Å². The van der Waals surface area contributed by atoms with Crippen molar-refractivity contribution in [2.75, 3.05) is 4.90 Å². The van der Waals surface area contributed by atoms with E-state index in [2.05, 4.69) is 190 Å². The van der Waals surface area contributed by atoms with Gasteiger partial charge >= 0.3 is 0 Å². The number of hydrogen-bond acceptors (Lipinski definition) is 2. The number of hydrogen-bond donors (Lipinski definition) is 0. The molecular weight excluding hydrogens is 635 g/mol. The van der Waals surface area contributed by atoms with Crippen LogP contribution in [0.4, 0.5) is 17.1 Å². The molecule has 4 nitrogen and oxygen atoms in total. The molecule has 242 valence electrons. The van der Waals surface area contributed by atoms with Crippen LogP contribution in [-0.4, -0.2) is 9.13 Å². The van der Waals surface area contributed by atoms with Crippen LogP contribution in [0.15, 0.2) is 176 Å². The second-order valence-corrected chi connectivity index (χ2v) is 13.7. The molecule has 0 saturated carbocycles. The number of benzene rings is 8. The molecule has 8 aromatic carbocycles.